The van der Waals surface area contributed by atoms with Gasteiger partial charge < -0.3 is 16.8 Å². The van der Waals surface area contributed by atoms with Crippen LogP contribution < -0.4 is 16.8 Å². The molecule has 0 bridgehead atoms. The third-order valence-corrected chi connectivity index (χ3v) is 3.02. The molecule has 1 aromatic heterocycles. The smallest absolute Gasteiger partial charge is 0.237 e. The number of carbonyl (C=O) groups excluding carboxylic acids is 1. The van der Waals surface area contributed by atoms with Crippen molar-refractivity contribution >= 4 is 11.7 Å². The molecular formula is C15H17FN4O. The van der Waals surface area contributed by atoms with Gasteiger partial charge in [0.15, 0.2) is 0 Å². The molecule has 1 atom stereocenters. The Morgan fingerprint density at radius 1 is 1.19 bits per heavy atom. The number of pyridine rings is 1. The minimum atomic E-state index is -0.683. The van der Waals surface area contributed by atoms with E-state index in [0.29, 0.717) is 18.8 Å². The highest BCUT2D eigenvalue weighted by Crippen LogP contribution is 2.05. The number of nitrogen functional groups attached to an aromatic ring is 1. The van der Waals surface area contributed by atoms with Crippen molar-refractivity contribution in [2.75, 3.05) is 5.73 Å². The Balaban J connectivity index is 1.84. The number of nitrogens with one attached hydrogen (secondary N) is 1. The lowest BCUT2D eigenvalue weighted by Crippen LogP contribution is -2.41. The first-order valence-electron chi connectivity index (χ1n) is 6.53. The maximum Gasteiger partial charge on any atom is 0.237 e. The number of rotatable bonds is 5. The van der Waals surface area contributed by atoms with Crippen LogP contribution in [-0.4, -0.2) is 16.9 Å². The van der Waals surface area contributed by atoms with Crippen LogP contribution in [0.25, 0.3) is 0 Å². The third-order valence-electron chi connectivity index (χ3n) is 3.02. The number of carbonyl (C=O) groups is 1. The molecule has 0 spiro atoms. The van der Waals surface area contributed by atoms with Gasteiger partial charge in [-0.05, 0) is 35.7 Å². The van der Waals surface area contributed by atoms with Crippen molar-refractivity contribution in [1.29, 1.82) is 0 Å². The normalized spacial score (nSPS) is 11.9. The molecule has 0 aliphatic carbocycles. The fraction of sp³-hybridized carbons (Fsp3) is 0.200. The number of halogens is 1. The van der Waals surface area contributed by atoms with E-state index in [9.17, 15) is 9.18 Å². The summed E-state index contributed by atoms with van der Waals surface area (Å²) in [7, 11) is 0. The minimum Gasteiger partial charge on any atom is -0.384 e. The van der Waals surface area contributed by atoms with Gasteiger partial charge in [-0.3, -0.25) is 4.79 Å². The van der Waals surface area contributed by atoms with E-state index >= 15 is 0 Å². The number of nitrogens with zero attached hydrogens (tertiary/aromatic N) is 1. The summed E-state index contributed by atoms with van der Waals surface area (Å²) in [6.45, 7) is 0.337. The summed E-state index contributed by atoms with van der Waals surface area (Å²) in [4.78, 5) is 15.8. The number of aromatic nitrogens is 1. The first-order valence-corrected chi connectivity index (χ1v) is 6.53. The van der Waals surface area contributed by atoms with E-state index in [1.165, 1.54) is 12.1 Å². The molecule has 110 valence electrons. The molecule has 1 amide bonds. The van der Waals surface area contributed by atoms with Gasteiger partial charge in [0.2, 0.25) is 5.91 Å². The van der Waals surface area contributed by atoms with E-state index in [4.69, 9.17) is 11.5 Å². The fourth-order valence-electron chi connectivity index (χ4n) is 1.83. The second kappa shape index (κ2) is 6.81. The molecule has 5 nitrogen and oxygen atoms in total. The lowest BCUT2D eigenvalue weighted by atomic mass is 10.1. The average Bonchev–Trinajstić information content (AvgIpc) is 2.48. The summed E-state index contributed by atoms with van der Waals surface area (Å²) >= 11 is 0. The molecule has 5 N–H and O–H groups in total. The number of amides is 1. The van der Waals surface area contributed by atoms with Gasteiger partial charge >= 0.3 is 0 Å². The lowest BCUT2D eigenvalue weighted by molar-refractivity contribution is -0.122. The number of anilines is 1. The van der Waals surface area contributed by atoms with Gasteiger partial charge in [0.25, 0.3) is 0 Å². The summed E-state index contributed by atoms with van der Waals surface area (Å²) < 4.78 is 12.8. The van der Waals surface area contributed by atoms with E-state index in [0.717, 1.165) is 11.1 Å². The highest BCUT2D eigenvalue weighted by Gasteiger charge is 2.13. The van der Waals surface area contributed by atoms with E-state index < -0.39 is 6.04 Å². The van der Waals surface area contributed by atoms with E-state index in [1.54, 1.807) is 30.5 Å². The molecule has 0 radical (unpaired) electrons. The standard InChI is InChI=1S/C15H17FN4O/c16-12-4-1-10(2-5-12)7-13(17)15(21)20-9-11-3-6-14(18)19-8-11/h1-6,8,13H,7,9,17H2,(H2,18,19)(H,20,21). The summed E-state index contributed by atoms with van der Waals surface area (Å²) in [6, 6.07) is 8.70. The maximum absolute atomic E-state index is 12.8. The summed E-state index contributed by atoms with van der Waals surface area (Å²) in [6.07, 6.45) is 1.95. The topological polar surface area (TPSA) is 94.0 Å². The number of hydrogen-bond donors (Lipinski definition) is 3. The molecule has 1 aromatic carbocycles. The molecule has 0 aliphatic rings. The fourth-order valence-corrected chi connectivity index (χ4v) is 1.83. The van der Waals surface area contributed by atoms with Gasteiger partial charge in [0, 0.05) is 12.7 Å². The monoisotopic (exact) mass is 288 g/mol. The number of benzene rings is 1. The van der Waals surface area contributed by atoms with Crippen LogP contribution in [0.4, 0.5) is 10.2 Å². The first kappa shape index (κ1) is 14.9. The predicted molar refractivity (Wildman–Crippen MR) is 78.6 cm³/mol. The highest BCUT2D eigenvalue weighted by atomic mass is 19.1. The zero-order valence-electron chi connectivity index (χ0n) is 11.4. The first-order chi connectivity index (χ1) is 10.0. The van der Waals surface area contributed by atoms with Crippen LogP contribution in [0.1, 0.15) is 11.1 Å². The van der Waals surface area contributed by atoms with E-state index in [1.807, 2.05) is 0 Å². The van der Waals surface area contributed by atoms with E-state index in [-0.39, 0.29) is 11.7 Å². The van der Waals surface area contributed by atoms with Gasteiger partial charge in [0.05, 0.1) is 6.04 Å². The molecule has 0 saturated carbocycles. The molecule has 0 aliphatic heterocycles. The van der Waals surface area contributed by atoms with Crippen molar-refractivity contribution in [2.45, 2.75) is 19.0 Å². The zero-order valence-corrected chi connectivity index (χ0v) is 11.4. The van der Waals surface area contributed by atoms with Crippen molar-refractivity contribution in [3.05, 3.63) is 59.5 Å². The van der Waals surface area contributed by atoms with Crippen molar-refractivity contribution in [3.8, 4) is 0 Å². The van der Waals surface area contributed by atoms with Crippen molar-refractivity contribution < 1.29 is 9.18 Å². The molecule has 1 unspecified atom stereocenters. The van der Waals surface area contributed by atoms with Crippen molar-refractivity contribution in [3.63, 3.8) is 0 Å². The second-order valence-electron chi connectivity index (χ2n) is 4.75. The van der Waals surface area contributed by atoms with Crippen LogP contribution >= 0.6 is 0 Å². The number of nitrogens with two attached hydrogens (primary N) is 2. The minimum absolute atomic E-state index is 0.267. The predicted octanol–water partition coefficient (Wildman–Crippen LogP) is 0.989. The molecule has 2 aromatic rings. The molecule has 0 fully saturated rings. The average molecular weight is 288 g/mol. The summed E-state index contributed by atoms with van der Waals surface area (Å²) in [5, 5.41) is 2.73. The van der Waals surface area contributed by atoms with Crippen LogP contribution in [0.2, 0.25) is 0 Å². The van der Waals surface area contributed by atoms with Crippen molar-refractivity contribution in [2.24, 2.45) is 5.73 Å². The highest BCUT2D eigenvalue weighted by molar-refractivity contribution is 5.81. The summed E-state index contributed by atoms with van der Waals surface area (Å²) in [5.74, 6) is -0.151. The Morgan fingerprint density at radius 3 is 2.48 bits per heavy atom. The van der Waals surface area contributed by atoms with Crippen LogP contribution in [0.3, 0.4) is 0 Å². The molecule has 1 heterocycles. The Hall–Kier alpha value is -2.47. The molecular weight excluding hydrogens is 271 g/mol. The maximum atomic E-state index is 12.8. The van der Waals surface area contributed by atoms with Gasteiger partial charge in [-0.15, -0.1) is 0 Å². The molecule has 2 rings (SSSR count). The zero-order chi connectivity index (χ0) is 15.2. The molecule has 0 saturated heterocycles. The largest absolute Gasteiger partial charge is 0.384 e. The Morgan fingerprint density at radius 2 is 1.86 bits per heavy atom. The third kappa shape index (κ3) is 4.54. The number of hydrogen-bond acceptors (Lipinski definition) is 4. The lowest BCUT2D eigenvalue weighted by Gasteiger charge is -2.12. The van der Waals surface area contributed by atoms with Crippen LogP contribution in [0, 0.1) is 5.82 Å². The van der Waals surface area contributed by atoms with Crippen LogP contribution in [-0.2, 0) is 17.8 Å². The van der Waals surface area contributed by atoms with Crippen molar-refractivity contribution in [1.82, 2.24) is 10.3 Å². The van der Waals surface area contributed by atoms with Crippen LogP contribution in [0.5, 0.6) is 0 Å². The van der Waals surface area contributed by atoms with E-state index in [2.05, 4.69) is 10.3 Å². The molecule has 6 heteroatoms. The van der Waals surface area contributed by atoms with Gasteiger partial charge in [-0.1, -0.05) is 18.2 Å². The SMILES string of the molecule is Nc1ccc(CNC(=O)C(N)Cc2ccc(F)cc2)cn1. The second-order valence-corrected chi connectivity index (χ2v) is 4.75. The van der Waals surface area contributed by atoms with Gasteiger partial charge in [0.1, 0.15) is 11.6 Å². The quantitative estimate of drug-likeness (QED) is 0.764. The summed E-state index contributed by atoms with van der Waals surface area (Å²) in [5.41, 5.74) is 13.0. The molecule has 21 heavy (non-hydrogen) atoms. The van der Waals surface area contributed by atoms with Crippen LogP contribution in [0.15, 0.2) is 42.6 Å². The van der Waals surface area contributed by atoms with Gasteiger partial charge in [-0.25, -0.2) is 9.37 Å². The Kier molecular flexibility index (Phi) is 4.84. The Labute approximate surface area is 122 Å². The Bertz CT molecular complexity index is 598. The van der Waals surface area contributed by atoms with Gasteiger partial charge in [-0.2, -0.15) is 0 Å².